The molecule has 3 heterocycles. The molecule has 4 rings (SSSR count). The molecule has 8 heteroatoms. The fourth-order valence-electron chi connectivity index (χ4n) is 3.27. The first-order valence-corrected chi connectivity index (χ1v) is 7.99. The zero-order valence-electron chi connectivity index (χ0n) is 13.3. The molecule has 0 aliphatic carbocycles. The third kappa shape index (κ3) is 1.99. The molecule has 124 valence electrons. The lowest BCUT2D eigenvalue weighted by Crippen LogP contribution is -2.58. The Kier molecular flexibility index (Phi) is 3.26. The van der Waals surface area contributed by atoms with Crippen LogP contribution in [-0.2, 0) is 16.1 Å². The van der Waals surface area contributed by atoms with Crippen LogP contribution in [0.25, 0.3) is 11.0 Å². The van der Waals surface area contributed by atoms with Crippen LogP contribution in [0, 0.1) is 0 Å². The van der Waals surface area contributed by atoms with Gasteiger partial charge in [0.1, 0.15) is 0 Å². The first-order valence-electron chi connectivity index (χ1n) is 7.99. The first kappa shape index (κ1) is 14.7. The molecular weight excluding hydrogens is 310 g/mol. The molecule has 4 amide bonds. The fourth-order valence-corrected chi connectivity index (χ4v) is 3.27. The molecule has 1 fully saturated rings. The van der Waals surface area contributed by atoms with Crippen molar-refractivity contribution in [2.45, 2.75) is 13.5 Å². The van der Waals surface area contributed by atoms with E-state index in [1.54, 1.807) is 0 Å². The number of imidazole rings is 1. The monoisotopic (exact) mass is 327 g/mol. The number of amides is 4. The number of nitrogens with zero attached hydrogens (tertiary/aromatic N) is 5. The largest absolute Gasteiger partial charge is 0.334 e. The summed E-state index contributed by atoms with van der Waals surface area (Å²) in [5.41, 5.74) is 1.77. The van der Waals surface area contributed by atoms with Gasteiger partial charge in [0.15, 0.2) is 0 Å². The summed E-state index contributed by atoms with van der Waals surface area (Å²) in [4.78, 5) is 45.5. The van der Waals surface area contributed by atoms with E-state index < -0.39 is 17.8 Å². The lowest BCUT2D eigenvalue weighted by Gasteiger charge is -2.33. The number of carbonyl (C=O) groups is 3. The highest BCUT2D eigenvalue weighted by atomic mass is 16.2. The maximum atomic E-state index is 12.8. The highest BCUT2D eigenvalue weighted by Crippen LogP contribution is 2.28. The van der Waals surface area contributed by atoms with Crippen LogP contribution in [0.15, 0.2) is 24.3 Å². The predicted molar refractivity (Wildman–Crippen MR) is 86.4 cm³/mol. The average Bonchev–Trinajstić information content (AvgIpc) is 3.15. The zero-order chi connectivity index (χ0) is 16.8. The summed E-state index contributed by atoms with van der Waals surface area (Å²) in [5, 5.41) is 0. The number of hydrogen-bond donors (Lipinski definition) is 0. The average molecular weight is 327 g/mol. The van der Waals surface area contributed by atoms with E-state index in [2.05, 4.69) is 4.98 Å². The second kappa shape index (κ2) is 5.33. The molecule has 0 unspecified atom stereocenters. The minimum absolute atomic E-state index is 0.216. The summed E-state index contributed by atoms with van der Waals surface area (Å²) in [6.45, 7) is 3.93. The van der Waals surface area contributed by atoms with E-state index >= 15 is 0 Å². The number of para-hydroxylation sites is 2. The highest BCUT2D eigenvalue weighted by Gasteiger charge is 2.40. The lowest BCUT2D eigenvalue weighted by atomic mass is 10.3. The Morgan fingerprint density at radius 2 is 1.79 bits per heavy atom. The van der Waals surface area contributed by atoms with E-state index in [0.29, 0.717) is 32.1 Å². The number of carbonyl (C=O) groups excluding carboxylic acids is 3. The van der Waals surface area contributed by atoms with Gasteiger partial charge in [-0.1, -0.05) is 12.1 Å². The highest BCUT2D eigenvalue weighted by molar-refractivity contribution is 6.38. The quantitative estimate of drug-likeness (QED) is 0.721. The summed E-state index contributed by atoms with van der Waals surface area (Å²) < 4.78 is 1.96. The van der Waals surface area contributed by atoms with Crippen LogP contribution in [0.5, 0.6) is 0 Å². The molecule has 0 radical (unpaired) electrons. The van der Waals surface area contributed by atoms with Gasteiger partial charge in [-0.05, 0) is 19.1 Å². The van der Waals surface area contributed by atoms with Crippen molar-refractivity contribution in [2.24, 2.45) is 0 Å². The van der Waals surface area contributed by atoms with Crippen LogP contribution in [0.3, 0.4) is 0 Å². The first-order chi connectivity index (χ1) is 11.6. The summed E-state index contributed by atoms with van der Waals surface area (Å²) in [6, 6.07) is 7.18. The van der Waals surface area contributed by atoms with Gasteiger partial charge in [-0.2, -0.15) is 0 Å². The molecule has 0 spiro atoms. The molecule has 8 nitrogen and oxygen atoms in total. The predicted octanol–water partition coefficient (Wildman–Crippen LogP) is 0.667. The van der Waals surface area contributed by atoms with E-state index in [1.807, 2.05) is 35.8 Å². The molecule has 2 aliphatic rings. The molecule has 2 aromatic rings. The Balaban J connectivity index is 1.63. The summed E-state index contributed by atoms with van der Waals surface area (Å²) >= 11 is 0. The number of likely N-dealkylation sites (N-methyl/N-ethyl adjacent to an activating group) is 1. The van der Waals surface area contributed by atoms with Crippen LogP contribution in [0.1, 0.15) is 6.92 Å². The van der Waals surface area contributed by atoms with E-state index in [-0.39, 0.29) is 6.54 Å². The molecule has 2 aliphatic heterocycles. The molecule has 0 bridgehead atoms. The Morgan fingerprint density at radius 3 is 2.58 bits per heavy atom. The van der Waals surface area contributed by atoms with Crippen molar-refractivity contribution < 1.29 is 14.4 Å². The smallest absolute Gasteiger partial charge is 0.333 e. The van der Waals surface area contributed by atoms with Gasteiger partial charge < -0.3 is 9.47 Å². The van der Waals surface area contributed by atoms with Crippen molar-refractivity contribution in [3.8, 4) is 0 Å². The van der Waals surface area contributed by atoms with E-state index in [1.165, 1.54) is 9.80 Å². The van der Waals surface area contributed by atoms with Gasteiger partial charge in [0, 0.05) is 32.7 Å². The third-order valence-corrected chi connectivity index (χ3v) is 4.58. The maximum absolute atomic E-state index is 12.8. The van der Waals surface area contributed by atoms with Crippen molar-refractivity contribution in [1.29, 1.82) is 0 Å². The SMILES string of the molecule is CCN1CCN(C(=O)N2CCn3c2nc2ccccc23)C(=O)C1=O. The topological polar surface area (TPSA) is 78.8 Å². The number of benzene rings is 1. The number of piperazine rings is 1. The lowest BCUT2D eigenvalue weighted by molar-refractivity contribution is -0.153. The van der Waals surface area contributed by atoms with Crippen molar-refractivity contribution in [2.75, 3.05) is 31.1 Å². The summed E-state index contributed by atoms with van der Waals surface area (Å²) in [5.74, 6) is -0.855. The third-order valence-electron chi connectivity index (χ3n) is 4.58. The zero-order valence-corrected chi connectivity index (χ0v) is 13.3. The van der Waals surface area contributed by atoms with Gasteiger partial charge in [-0.25, -0.2) is 9.78 Å². The molecule has 0 saturated carbocycles. The number of hydrogen-bond acceptors (Lipinski definition) is 4. The van der Waals surface area contributed by atoms with E-state index in [9.17, 15) is 14.4 Å². The van der Waals surface area contributed by atoms with Crippen LogP contribution in [-0.4, -0.2) is 63.4 Å². The summed E-state index contributed by atoms with van der Waals surface area (Å²) in [6.07, 6.45) is 0. The fraction of sp³-hybridized carbons (Fsp3) is 0.375. The van der Waals surface area contributed by atoms with Gasteiger partial charge in [0.05, 0.1) is 11.0 Å². The molecule has 0 N–H and O–H groups in total. The Bertz CT molecular complexity index is 859. The molecular formula is C16H17N5O3. The van der Waals surface area contributed by atoms with Gasteiger partial charge in [0.25, 0.3) is 0 Å². The van der Waals surface area contributed by atoms with Gasteiger partial charge in [-0.3, -0.25) is 19.4 Å². The minimum Gasteiger partial charge on any atom is -0.333 e. The van der Waals surface area contributed by atoms with E-state index in [0.717, 1.165) is 15.9 Å². The summed E-state index contributed by atoms with van der Waals surface area (Å²) in [7, 11) is 0. The molecule has 24 heavy (non-hydrogen) atoms. The van der Waals surface area contributed by atoms with Crippen molar-refractivity contribution in [3.05, 3.63) is 24.3 Å². The minimum atomic E-state index is -0.761. The van der Waals surface area contributed by atoms with Crippen molar-refractivity contribution in [1.82, 2.24) is 19.4 Å². The normalized spacial score (nSPS) is 17.8. The Morgan fingerprint density at radius 1 is 1.04 bits per heavy atom. The number of aromatic nitrogens is 2. The standard InChI is InChI=1S/C16H17N5O3/c1-2-18-7-8-20(14(23)13(18)22)16(24)21-10-9-19-12-6-4-3-5-11(12)17-15(19)21/h3-6H,2,7-10H2,1H3. The van der Waals surface area contributed by atoms with Crippen LogP contribution in [0.2, 0.25) is 0 Å². The van der Waals surface area contributed by atoms with Crippen molar-refractivity contribution >= 4 is 34.8 Å². The second-order valence-corrected chi connectivity index (χ2v) is 5.83. The number of imide groups is 1. The van der Waals surface area contributed by atoms with Gasteiger partial charge in [0.2, 0.25) is 5.95 Å². The Labute approximate surface area is 138 Å². The van der Waals surface area contributed by atoms with Crippen LogP contribution < -0.4 is 4.90 Å². The van der Waals surface area contributed by atoms with Crippen molar-refractivity contribution in [3.63, 3.8) is 0 Å². The van der Waals surface area contributed by atoms with E-state index in [4.69, 9.17) is 0 Å². The number of rotatable bonds is 1. The van der Waals surface area contributed by atoms with Gasteiger partial charge >= 0.3 is 17.8 Å². The number of fused-ring (bicyclic) bond motifs is 3. The van der Waals surface area contributed by atoms with Crippen LogP contribution in [0.4, 0.5) is 10.7 Å². The molecule has 0 atom stereocenters. The molecule has 1 saturated heterocycles. The number of anilines is 1. The van der Waals surface area contributed by atoms with Gasteiger partial charge in [-0.15, -0.1) is 0 Å². The molecule has 1 aromatic carbocycles. The Hall–Kier alpha value is -2.90. The molecule has 1 aromatic heterocycles. The maximum Gasteiger partial charge on any atom is 0.334 e. The number of urea groups is 1. The van der Waals surface area contributed by atoms with Crippen LogP contribution >= 0.6 is 0 Å². The second-order valence-electron chi connectivity index (χ2n) is 5.83.